The molecular formula is C11H15N2O8P. The molecule has 0 saturated carbocycles. The van der Waals surface area contributed by atoms with E-state index in [1.54, 1.807) is 0 Å². The monoisotopic (exact) mass is 334 g/mol. The van der Waals surface area contributed by atoms with Crippen molar-refractivity contribution >= 4 is 7.60 Å². The van der Waals surface area contributed by atoms with Gasteiger partial charge in [-0.25, -0.2) is 4.79 Å². The second kappa shape index (κ2) is 6.29. The number of hydrogen-bond acceptors (Lipinski definition) is 6. The molecule has 11 heteroatoms. The van der Waals surface area contributed by atoms with E-state index in [-0.39, 0.29) is 0 Å². The van der Waals surface area contributed by atoms with E-state index in [4.69, 9.17) is 19.3 Å². The molecule has 1 aliphatic rings. The molecule has 122 valence electrons. The zero-order valence-corrected chi connectivity index (χ0v) is 12.3. The topological polar surface area (TPSA) is 151 Å². The lowest BCUT2D eigenvalue weighted by Gasteiger charge is -2.19. The molecule has 1 aliphatic heterocycles. The van der Waals surface area contributed by atoms with Crippen LogP contribution in [0.3, 0.4) is 0 Å². The van der Waals surface area contributed by atoms with Crippen molar-refractivity contribution in [2.45, 2.75) is 24.5 Å². The summed E-state index contributed by atoms with van der Waals surface area (Å²) in [6.45, 7) is 0. The first kappa shape index (κ1) is 16.8. The van der Waals surface area contributed by atoms with Gasteiger partial charge < -0.3 is 24.4 Å². The highest BCUT2D eigenvalue weighted by Crippen LogP contribution is 2.38. The Morgan fingerprint density at radius 1 is 1.45 bits per heavy atom. The summed E-state index contributed by atoms with van der Waals surface area (Å²) < 4.78 is 22.3. The Labute approximate surface area is 123 Å². The summed E-state index contributed by atoms with van der Waals surface area (Å²) in [4.78, 5) is 42.5. The number of nitrogens with zero attached hydrogens (tertiary/aromatic N) is 1. The predicted molar refractivity (Wildman–Crippen MR) is 73.2 cm³/mol. The van der Waals surface area contributed by atoms with Crippen molar-refractivity contribution in [3.63, 3.8) is 0 Å². The normalized spacial score (nSPS) is 29.3. The third kappa shape index (κ3) is 3.61. The van der Waals surface area contributed by atoms with E-state index in [1.165, 1.54) is 13.3 Å². The number of aromatic amines is 1. The number of nitrogens with one attached hydrogen (secondary N) is 1. The average molecular weight is 334 g/mol. The molecule has 0 aliphatic carbocycles. The molecule has 0 aromatic carbocycles. The van der Waals surface area contributed by atoms with Crippen LogP contribution in [-0.2, 0) is 14.0 Å². The van der Waals surface area contributed by atoms with E-state index in [1.807, 2.05) is 4.98 Å². The fourth-order valence-corrected chi connectivity index (χ4v) is 2.53. The van der Waals surface area contributed by atoms with E-state index in [0.29, 0.717) is 5.82 Å². The summed E-state index contributed by atoms with van der Waals surface area (Å²) >= 11 is 0. The number of aromatic nitrogens is 2. The maximum absolute atomic E-state index is 11.8. The minimum absolute atomic E-state index is 0.591. The Hall–Kier alpha value is -1.55. The Morgan fingerprint density at radius 2 is 2.14 bits per heavy atom. The van der Waals surface area contributed by atoms with Crippen LogP contribution in [0.15, 0.2) is 33.7 Å². The van der Waals surface area contributed by atoms with Gasteiger partial charge in [0.05, 0.1) is 0 Å². The largest absolute Gasteiger partial charge is 0.387 e. The Balaban J connectivity index is 2.33. The van der Waals surface area contributed by atoms with Gasteiger partial charge in [0.2, 0.25) is 0 Å². The van der Waals surface area contributed by atoms with Gasteiger partial charge in [0.1, 0.15) is 18.3 Å². The van der Waals surface area contributed by atoms with Crippen molar-refractivity contribution in [3.8, 4) is 0 Å². The molecule has 2 heterocycles. The van der Waals surface area contributed by atoms with Crippen LogP contribution in [0.4, 0.5) is 0 Å². The quantitative estimate of drug-likeness (QED) is 0.486. The lowest BCUT2D eigenvalue weighted by molar-refractivity contribution is -0.0491. The molecule has 1 fully saturated rings. The first-order valence-corrected chi connectivity index (χ1v) is 7.83. The van der Waals surface area contributed by atoms with Crippen molar-refractivity contribution in [2.24, 2.45) is 0 Å². The van der Waals surface area contributed by atoms with E-state index >= 15 is 0 Å². The Bertz CT molecular complexity index is 719. The summed E-state index contributed by atoms with van der Waals surface area (Å²) in [6, 6.07) is 1.10. The summed E-state index contributed by atoms with van der Waals surface area (Å²) in [5, 5.41) is 10.1. The van der Waals surface area contributed by atoms with Crippen molar-refractivity contribution in [2.75, 3.05) is 7.11 Å². The number of rotatable bonds is 4. The summed E-state index contributed by atoms with van der Waals surface area (Å²) in [6.07, 6.45) is -2.17. The zero-order chi connectivity index (χ0) is 16.5. The van der Waals surface area contributed by atoms with E-state index in [9.17, 15) is 19.3 Å². The van der Waals surface area contributed by atoms with Crippen molar-refractivity contribution < 1.29 is 28.9 Å². The molecule has 1 aromatic rings. The van der Waals surface area contributed by atoms with Crippen molar-refractivity contribution in [3.05, 3.63) is 45.0 Å². The van der Waals surface area contributed by atoms with Gasteiger partial charge in [-0.1, -0.05) is 0 Å². The first-order chi connectivity index (χ1) is 10.2. The zero-order valence-electron chi connectivity index (χ0n) is 11.4. The molecule has 4 atom stereocenters. The molecule has 1 saturated heterocycles. The maximum atomic E-state index is 11.8. The standard InChI is InChI=1S/C11H15N2O8P/c1-20-9-8(15)6(3-5-22(17,18)19)21-10(9)13-4-2-7(14)12-11(13)16/h2-6,8-10,15H,1H3,(H,12,14,16)(H2,17,18,19)/b5-3+. The lowest BCUT2D eigenvalue weighted by atomic mass is 10.1. The fourth-order valence-electron chi connectivity index (χ4n) is 2.14. The van der Waals surface area contributed by atoms with Gasteiger partial charge in [-0.3, -0.25) is 18.9 Å². The van der Waals surface area contributed by atoms with Gasteiger partial charge in [0.25, 0.3) is 5.56 Å². The summed E-state index contributed by atoms with van der Waals surface area (Å²) in [5.74, 6) is 0.603. The van der Waals surface area contributed by atoms with Crippen LogP contribution < -0.4 is 11.2 Å². The van der Waals surface area contributed by atoms with Crippen molar-refractivity contribution in [1.29, 1.82) is 0 Å². The smallest absolute Gasteiger partial charge is 0.348 e. The first-order valence-electron chi connectivity index (χ1n) is 6.15. The van der Waals surface area contributed by atoms with Gasteiger partial charge in [0, 0.05) is 25.2 Å². The Kier molecular flexibility index (Phi) is 4.81. The second-order valence-corrected chi connectivity index (χ2v) is 6.11. The van der Waals surface area contributed by atoms with Gasteiger partial charge in [-0.15, -0.1) is 0 Å². The lowest BCUT2D eigenvalue weighted by Crippen LogP contribution is -2.38. The van der Waals surface area contributed by atoms with Crippen LogP contribution in [0.2, 0.25) is 0 Å². The molecule has 4 N–H and O–H groups in total. The highest BCUT2D eigenvalue weighted by Gasteiger charge is 2.44. The van der Waals surface area contributed by atoms with Gasteiger partial charge in [0.15, 0.2) is 6.23 Å². The minimum atomic E-state index is -4.41. The SMILES string of the molecule is COC1C(O)C(/C=C/P(=O)(O)O)OC1n1ccc(=O)[nH]c1=O. The third-order valence-corrected chi connectivity index (χ3v) is 3.68. The highest BCUT2D eigenvalue weighted by molar-refractivity contribution is 7.55. The van der Waals surface area contributed by atoms with Gasteiger partial charge >= 0.3 is 13.3 Å². The van der Waals surface area contributed by atoms with Gasteiger partial charge in [-0.2, -0.15) is 0 Å². The average Bonchev–Trinajstić information content (AvgIpc) is 2.72. The highest BCUT2D eigenvalue weighted by atomic mass is 31.2. The molecule has 1 aromatic heterocycles. The van der Waals surface area contributed by atoms with Crippen LogP contribution in [0.5, 0.6) is 0 Å². The number of aliphatic hydroxyl groups excluding tert-OH is 1. The third-order valence-electron chi connectivity index (χ3n) is 3.12. The Morgan fingerprint density at radius 3 is 2.68 bits per heavy atom. The van der Waals surface area contributed by atoms with E-state index in [0.717, 1.165) is 16.7 Å². The van der Waals surface area contributed by atoms with E-state index in [2.05, 4.69) is 0 Å². The van der Waals surface area contributed by atoms with Crippen LogP contribution >= 0.6 is 7.60 Å². The number of aliphatic hydroxyl groups is 1. The predicted octanol–water partition coefficient (Wildman–Crippen LogP) is -1.50. The molecule has 2 rings (SSSR count). The molecule has 10 nitrogen and oxygen atoms in total. The molecule has 0 radical (unpaired) electrons. The number of H-pyrrole nitrogens is 1. The van der Waals surface area contributed by atoms with Crippen LogP contribution in [0.1, 0.15) is 6.23 Å². The van der Waals surface area contributed by atoms with Crippen LogP contribution in [0.25, 0.3) is 0 Å². The molecule has 4 unspecified atom stereocenters. The van der Waals surface area contributed by atoms with Crippen molar-refractivity contribution in [1.82, 2.24) is 9.55 Å². The molecular weight excluding hydrogens is 319 g/mol. The minimum Gasteiger partial charge on any atom is -0.387 e. The number of hydrogen-bond donors (Lipinski definition) is 4. The maximum Gasteiger partial charge on any atom is 0.348 e. The summed E-state index contributed by atoms with van der Waals surface area (Å²) in [7, 11) is -3.12. The van der Waals surface area contributed by atoms with Crippen LogP contribution in [0, 0.1) is 0 Å². The summed E-state index contributed by atoms with van der Waals surface area (Å²) in [5.41, 5.74) is -1.35. The molecule has 22 heavy (non-hydrogen) atoms. The number of ether oxygens (including phenoxy) is 2. The number of methoxy groups -OCH3 is 1. The van der Waals surface area contributed by atoms with Crippen LogP contribution in [-0.4, -0.2) is 49.9 Å². The molecule has 0 amide bonds. The molecule has 0 spiro atoms. The van der Waals surface area contributed by atoms with E-state index < -0.39 is 43.4 Å². The van der Waals surface area contributed by atoms with Gasteiger partial charge in [-0.05, 0) is 6.08 Å². The second-order valence-electron chi connectivity index (χ2n) is 4.63. The molecule has 0 bridgehead atoms. The fraction of sp³-hybridized carbons (Fsp3) is 0.455.